The minimum absolute atomic E-state index is 0.0737. The number of nitrogens with one attached hydrogen (secondary N) is 1. The molecule has 0 radical (unpaired) electrons. The summed E-state index contributed by atoms with van der Waals surface area (Å²) in [7, 11) is 0. The third-order valence-electron chi connectivity index (χ3n) is 7.45. The Labute approximate surface area is 219 Å². The van der Waals surface area contributed by atoms with Gasteiger partial charge in [0, 0.05) is 41.7 Å². The van der Waals surface area contributed by atoms with Crippen molar-refractivity contribution in [2.45, 2.75) is 38.6 Å². The largest absolute Gasteiger partial charge is 0.341 e. The SMILES string of the molecule is Cc1cc(C#Cc2ccc(F)cc2)cnc1NC(=O)c1c(Cl)cnn1C1CC2(C1)CN(C(=O)C1CC1)C2. The zero-order valence-corrected chi connectivity index (χ0v) is 21.1. The molecule has 2 amide bonds. The summed E-state index contributed by atoms with van der Waals surface area (Å²) in [5.41, 5.74) is 2.58. The van der Waals surface area contributed by atoms with E-state index in [4.69, 9.17) is 11.6 Å². The number of carbonyl (C=O) groups excluding carboxylic acids is 2. The Hall–Kier alpha value is -3.70. The molecule has 37 heavy (non-hydrogen) atoms. The lowest BCUT2D eigenvalue weighted by molar-refractivity contribution is -0.155. The van der Waals surface area contributed by atoms with Gasteiger partial charge in [-0.1, -0.05) is 23.4 Å². The second-order valence-electron chi connectivity index (χ2n) is 10.4. The summed E-state index contributed by atoms with van der Waals surface area (Å²) >= 11 is 6.37. The number of rotatable bonds is 4. The molecule has 0 atom stereocenters. The second-order valence-corrected chi connectivity index (χ2v) is 10.8. The minimum Gasteiger partial charge on any atom is -0.341 e. The first-order valence-electron chi connectivity index (χ1n) is 12.4. The van der Waals surface area contributed by atoms with Crippen molar-refractivity contribution in [3.05, 3.63) is 75.9 Å². The van der Waals surface area contributed by atoms with E-state index in [1.54, 1.807) is 23.0 Å². The van der Waals surface area contributed by atoms with Gasteiger partial charge in [0.15, 0.2) is 0 Å². The second kappa shape index (κ2) is 9.00. The maximum Gasteiger partial charge on any atom is 0.276 e. The van der Waals surface area contributed by atoms with E-state index in [-0.39, 0.29) is 34.1 Å². The molecule has 1 aromatic carbocycles. The molecule has 0 bridgehead atoms. The Morgan fingerprint density at radius 2 is 1.81 bits per heavy atom. The predicted octanol–water partition coefficient (Wildman–Crippen LogP) is 4.60. The van der Waals surface area contributed by atoms with Crippen LogP contribution in [-0.2, 0) is 4.79 Å². The van der Waals surface area contributed by atoms with Gasteiger partial charge in [-0.25, -0.2) is 9.37 Å². The molecule has 7 nitrogen and oxygen atoms in total. The molecule has 2 saturated carbocycles. The Kier molecular flexibility index (Phi) is 5.76. The highest BCUT2D eigenvalue weighted by molar-refractivity contribution is 6.34. The molecular weight excluding hydrogens is 493 g/mol. The van der Waals surface area contributed by atoms with Crippen molar-refractivity contribution < 1.29 is 14.0 Å². The number of hydrogen-bond acceptors (Lipinski definition) is 4. The quantitative estimate of drug-likeness (QED) is 0.513. The topological polar surface area (TPSA) is 80.1 Å². The normalized spacial score (nSPS) is 18.0. The molecule has 1 saturated heterocycles. The van der Waals surface area contributed by atoms with Gasteiger partial charge in [0.1, 0.15) is 17.3 Å². The van der Waals surface area contributed by atoms with Crippen molar-refractivity contribution in [3.63, 3.8) is 0 Å². The number of hydrogen-bond donors (Lipinski definition) is 1. The first-order valence-corrected chi connectivity index (χ1v) is 12.8. The smallest absolute Gasteiger partial charge is 0.276 e. The fourth-order valence-corrected chi connectivity index (χ4v) is 5.54. The standard InChI is InChI=1S/C28H25ClFN5O2/c1-17-10-19(3-2-18-4-8-21(30)9-5-18)13-31-25(17)33-26(36)24-23(29)14-32-35(24)22-11-28(12-22)15-34(16-28)27(37)20-6-7-20/h4-5,8-10,13-14,20,22H,6-7,11-12,15-16H2,1H3,(H,31,33,36). The van der Waals surface area contributed by atoms with E-state index in [0.717, 1.165) is 44.3 Å². The van der Waals surface area contributed by atoms with Crippen LogP contribution in [0.25, 0.3) is 0 Å². The van der Waals surface area contributed by atoms with E-state index >= 15 is 0 Å². The Morgan fingerprint density at radius 1 is 1.11 bits per heavy atom. The number of halogens is 2. The first kappa shape index (κ1) is 23.7. The van der Waals surface area contributed by atoms with Crippen LogP contribution in [0, 0.1) is 35.9 Å². The zero-order chi connectivity index (χ0) is 25.7. The number of amides is 2. The molecule has 3 aromatic rings. The lowest BCUT2D eigenvalue weighted by atomic mass is 9.60. The third kappa shape index (κ3) is 4.60. The molecule has 9 heteroatoms. The zero-order valence-electron chi connectivity index (χ0n) is 20.3. The van der Waals surface area contributed by atoms with Crippen molar-refractivity contribution in [1.29, 1.82) is 0 Å². The fraction of sp³-hybridized carbons (Fsp3) is 0.357. The van der Waals surface area contributed by atoms with Gasteiger partial charge in [-0.3, -0.25) is 14.3 Å². The molecule has 1 aliphatic heterocycles. The van der Waals surface area contributed by atoms with E-state index in [1.165, 1.54) is 18.3 Å². The molecule has 2 aromatic heterocycles. The van der Waals surface area contributed by atoms with Gasteiger partial charge >= 0.3 is 0 Å². The van der Waals surface area contributed by atoms with Gasteiger partial charge in [-0.2, -0.15) is 5.10 Å². The molecule has 1 N–H and O–H groups in total. The van der Waals surface area contributed by atoms with Crippen LogP contribution >= 0.6 is 11.6 Å². The molecule has 0 unspecified atom stereocenters. The summed E-state index contributed by atoms with van der Waals surface area (Å²) in [5, 5.41) is 7.54. The van der Waals surface area contributed by atoms with E-state index in [2.05, 4.69) is 27.2 Å². The molecule has 3 heterocycles. The van der Waals surface area contributed by atoms with Crippen LogP contribution in [0.3, 0.4) is 0 Å². The lowest BCUT2D eigenvalue weighted by Crippen LogP contribution is -2.64. The van der Waals surface area contributed by atoms with Gasteiger partial charge in [-0.05, 0) is 68.5 Å². The number of anilines is 1. The summed E-state index contributed by atoms with van der Waals surface area (Å²) in [6, 6.07) is 7.86. The molecule has 3 fully saturated rings. The number of aromatic nitrogens is 3. The number of benzene rings is 1. The van der Waals surface area contributed by atoms with Gasteiger partial charge < -0.3 is 10.2 Å². The van der Waals surface area contributed by atoms with Gasteiger partial charge in [0.05, 0.1) is 17.3 Å². The van der Waals surface area contributed by atoms with Crippen molar-refractivity contribution in [3.8, 4) is 11.8 Å². The molecular formula is C28H25ClFN5O2. The van der Waals surface area contributed by atoms with E-state index in [9.17, 15) is 14.0 Å². The summed E-state index contributed by atoms with van der Waals surface area (Å²) in [4.78, 5) is 31.8. The van der Waals surface area contributed by atoms with Crippen molar-refractivity contribution in [2.24, 2.45) is 11.3 Å². The Bertz CT molecular complexity index is 1450. The van der Waals surface area contributed by atoms with Crippen LogP contribution in [0.15, 0.2) is 42.7 Å². The molecule has 1 spiro atoms. The average Bonchev–Trinajstić information content (AvgIpc) is 3.61. The molecule has 2 aliphatic carbocycles. The molecule has 6 rings (SSSR count). The van der Waals surface area contributed by atoms with Crippen LogP contribution in [0.2, 0.25) is 5.02 Å². The number of likely N-dealkylation sites (tertiary alicyclic amines) is 1. The summed E-state index contributed by atoms with van der Waals surface area (Å²) in [6.07, 6.45) is 6.88. The highest BCUT2D eigenvalue weighted by Gasteiger charge is 2.56. The highest BCUT2D eigenvalue weighted by Crippen LogP contribution is 2.55. The molecule has 3 aliphatic rings. The number of carbonyl (C=O) groups is 2. The monoisotopic (exact) mass is 517 g/mol. The van der Waals surface area contributed by atoms with Crippen LogP contribution in [0.1, 0.15) is 58.9 Å². The number of pyridine rings is 1. The van der Waals surface area contributed by atoms with Crippen LogP contribution < -0.4 is 5.32 Å². The fourth-order valence-electron chi connectivity index (χ4n) is 5.33. The Balaban J connectivity index is 1.11. The average molecular weight is 518 g/mol. The van der Waals surface area contributed by atoms with E-state index in [1.807, 2.05) is 17.9 Å². The van der Waals surface area contributed by atoms with E-state index < -0.39 is 0 Å². The van der Waals surface area contributed by atoms with E-state index in [0.29, 0.717) is 28.5 Å². The maximum atomic E-state index is 13.2. The van der Waals surface area contributed by atoms with Crippen LogP contribution in [0.4, 0.5) is 10.2 Å². The van der Waals surface area contributed by atoms with Crippen molar-refractivity contribution in [1.82, 2.24) is 19.7 Å². The lowest BCUT2D eigenvalue weighted by Gasteiger charge is -2.59. The maximum absolute atomic E-state index is 13.2. The van der Waals surface area contributed by atoms with Crippen molar-refractivity contribution in [2.75, 3.05) is 18.4 Å². The van der Waals surface area contributed by atoms with Crippen LogP contribution in [-0.4, -0.2) is 44.6 Å². The third-order valence-corrected chi connectivity index (χ3v) is 7.72. The van der Waals surface area contributed by atoms with Gasteiger partial charge in [-0.15, -0.1) is 0 Å². The van der Waals surface area contributed by atoms with Gasteiger partial charge in [0.25, 0.3) is 5.91 Å². The number of nitrogens with zero attached hydrogens (tertiary/aromatic N) is 4. The Morgan fingerprint density at radius 3 is 2.49 bits per heavy atom. The predicted molar refractivity (Wildman–Crippen MR) is 137 cm³/mol. The highest BCUT2D eigenvalue weighted by atomic mass is 35.5. The number of aryl methyl sites for hydroxylation is 1. The van der Waals surface area contributed by atoms with Gasteiger partial charge in [0.2, 0.25) is 5.91 Å². The first-order chi connectivity index (χ1) is 17.8. The summed E-state index contributed by atoms with van der Waals surface area (Å²) < 4.78 is 14.8. The van der Waals surface area contributed by atoms with Crippen molar-refractivity contribution >= 4 is 29.2 Å². The minimum atomic E-state index is -0.372. The molecule has 188 valence electrons. The summed E-state index contributed by atoms with van der Waals surface area (Å²) in [5.74, 6) is 6.27. The van der Waals surface area contributed by atoms with Crippen LogP contribution in [0.5, 0.6) is 0 Å². The summed E-state index contributed by atoms with van der Waals surface area (Å²) in [6.45, 7) is 3.44.